The van der Waals surface area contributed by atoms with Gasteiger partial charge in [0.2, 0.25) is 0 Å². The Bertz CT molecular complexity index is 411. The fourth-order valence-electron chi connectivity index (χ4n) is 2.96. The van der Waals surface area contributed by atoms with Crippen LogP contribution in [0.4, 0.5) is 0 Å². The van der Waals surface area contributed by atoms with Gasteiger partial charge in [-0.05, 0) is 38.5 Å². The summed E-state index contributed by atoms with van der Waals surface area (Å²) in [5, 5.41) is 9.71. The molecule has 18 heavy (non-hydrogen) atoms. The molecular weight excluding hydrogens is 226 g/mol. The van der Waals surface area contributed by atoms with E-state index in [1.165, 1.54) is 24.2 Å². The quantitative estimate of drug-likeness (QED) is 0.854. The molecule has 4 nitrogen and oxygen atoms in total. The van der Waals surface area contributed by atoms with Crippen LogP contribution >= 0.6 is 0 Å². The van der Waals surface area contributed by atoms with Gasteiger partial charge in [-0.3, -0.25) is 0 Å². The third-order valence-electron chi connectivity index (χ3n) is 4.08. The van der Waals surface area contributed by atoms with Gasteiger partial charge >= 0.3 is 0 Å². The zero-order valence-corrected chi connectivity index (χ0v) is 11.7. The Balaban J connectivity index is 2.39. The molecule has 4 heteroatoms. The molecule has 1 aromatic rings. The molecule has 2 rings (SSSR count). The van der Waals surface area contributed by atoms with Crippen LogP contribution in [0.1, 0.15) is 49.9 Å². The highest BCUT2D eigenvalue weighted by Gasteiger charge is 2.28. The molecule has 102 valence electrons. The smallest absolute Gasteiger partial charge is 0.106 e. The molecule has 0 saturated carbocycles. The Labute approximate surface area is 109 Å². The molecule has 1 aliphatic rings. The molecule has 0 radical (unpaired) electrons. The first-order chi connectivity index (χ1) is 8.56. The van der Waals surface area contributed by atoms with Crippen molar-refractivity contribution in [3.05, 3.63) is 17.2 Å². The SMILES string of the molecule is Cc1nc2c(n1C(CO)C(N)C(C)C)CCCC2. The minimum absolute atomic E-state index is 0.0334. The van der Waals surface area contributed by atoms with Crippen LogP contribution < -0.4 is 5.73 Å². The van der Waals surface area contributed by atoms with Crippen molar-refractivity contribution in [1.82, 2.24) is 9.55 Å². The van der Waals surface area contributed by atoms with Gasteiger partial charge in [-0.15, -0.1) is 0 Å². The van der Waals surface area contributed by atoms with Gasteiger partial charge in [0.1, 0.15) is 5.82 Å². The van der Waals surface area contributed by atoms with Crippen LogP contribution in [-0.4, -0.2) is 27.3 Å². The van der Waals surface area contributed by atoms with Crippen molar-refractivity contribution in [1.29, 1.82) is 0 Å². The lowest BCUT2D eigenvalue weighted by molar-refractivity contribution is 0.184. The first-order valence-electron chi connectivity index (χ1n) is 6.99. The van der Waals surface area contributed by atoms with E-state index in [0.29, 0.717) is 5.92 Å². The summed E-state index contributed by atoms with van der Waals surface area (Å²) in [7, 11) is 0. The van der Waals surface area contributed by atoms with Gasteiger partial charge in [-0.25, -0.2) is 4.98 Å². The zero-order chi connectivity index (χ0) is 13.3. The minimum Gasteiger partial charge on any atom is -0.394 e. The van der Waals surface area contributed by atoms with E-state index in [4.69, 9.17) is 5.73 Å². The predicted molar refractivity (Wildman–Crippen MR) is 72.5 cm³/mol. The Morgan fingerprint density at radius 1 is 1.33 bits per heavy atom. The van der Waals surface area contributed by atoms with Crippen molar-refractivity contribution < 1.29 is 5.11 Å². The topological polar surface area (TPSA) is 64.1 Å². The van der Waals surface area contributed by atoms with Crippen molar-refractivity contribution in [2.24, 2.45) is 11.7 Å². The first kappa shape index (κ1) is 13.6. The van der Waals surface area contributed by atoms with Gasteiger partial charge < -0.3 is 15.4 Å². The molecule has 2 atom stereocenters. The van der Waals surface area contributed by atoms with Crippen LogP contribution in [0.2, 0.25) is 0 Å². The molecule has 0 bridgehead atoms. The molecule has 2 unspecified atom stereocenters. The third-order valence-corrected chi connectivity index (χ3v) is 4.08. The van der Waals surface area contributed by atoms with Crippen LogP contribution in [0.15, 0.2) is 0 Å². The number of hydrogen-bond donors (Lipinski definition) is 2. The molecule has 0 fully saturated rings. The standard InChI is InChI=1S/C14H25N3O/c1-9(2)14(15)13(8-18)17-10(3)16-11-6-4-5-7-12(11)17/h9,13-14,18H,4-8,15H2,1-3H3. The number of nitrogens with zero attached hydrogens (tertiary/aromatic N) is 2. The highest BCUT2D eigenvalue weighted by molar-refractivity contribution is 5.21. The van der Waals surface area contributed by atoms with Crippen LogP contribution in [0.25, 0.3) is 0 Å². The monoisotopic (exact) mass is 251 g/mol. The molecule has 0 saturated heterocycles. The number of aryl methyl sites for hydroxylation is 2. The van der Waals surface area contributed by atoms with Crippen molar-refractivity contribution in [3.63, 3.8) is 0 Å². The summed E-state index contributed by atoms with van der Waals surface area (Å²) in [6.07, 6.45) is 4.58. The summed E-state index contributed by atoms with van der Waals surface area (Å²) in [6, 6.07) is -0.0757. The van der Waals surface area contributed by atoms with E-state index in [1.54, 1.807) is 0 Å². The number of fused-ring (bicyclic) bond motifs is 1. The second-order valence-electron chi connectivity index (χ2n) is 5.70. The van der Waals surface area contributed by atoms with Crippen LogP contribution in [0.5, 0.6) is 0 Å². The van der Waals surface area contributed by atoms with Gasteiger partial charge in [-0.2, -0.15) is 0 Å². The number of aliphatic hydroxyl groups excluding tert-OH is 1. The van der Waals surface area contributed by atoms with E-state index in [-0.39, 0.29) is 18.7 Å². The average Bonchev–Trinajstić information content (AvgIpc) is 2.67. The van der Waals surface area contributed by atoms with E-state index in [1.807, 2.05) is 6.92 Å². The van der Waals surface area contributed by atoms with E-state index in [0.717, 1.165) is 18.7 Å². The maximum Gasteiger partial charge on any atom is 0.106 e. The summed E-state index contributed by atoms with van der Waals surface area (Å²) in [4.78, 5) is 4.66. The van der Waals surface area contributed by atoms with Crippen molar-refractivity contribution in [2.75, 3.05) is 6.61 Å². The molecule has 1 heterocycles. The summed E-state index contributed by atoms with van der Waals surface area (Å²) in [5.41, 5.74) is 8.77. The number of hydrogen-bond acceptors (Lipinski definition) is 3. The Morgan fingerprint density at radius 3 is 2.61 bits per heavy atom. The Morgan fingerprint density at radius 2 is 2.00 bits per heavy atom. The van der Waals surface area contributed by atoms with Crippen LogP contribution in [-0.2, 0) is 12.8 Å². The van der Waals surface area contributed by atoms with E-state index < -0.39 is 0 Å². The average molecular weight is 251 g/mol. The van der Waals surface area contributed by atoms with Crippen LogP contribution in [0.3, 0.4) is 0 Å². The number of imidazole rings is 1. The lowest BCUT2D eigenvalue weighted by atomic mass is 9.95. The molecule has 0 spiro atoms. The summed E-state index contributed by atoms with van der Waals surface area (Å²) < 4.78 is 2.19. The van der Waals surface area contributed by atoms with Crippen molar-refractivity contribution in [3.8, 4) is 0 Å². The second kappa shape index (κ2) is 5.41. The summed E-state index contributed by atoms with van der Waals surface area (Å²) in [6.45, 7) is 6.31. The second-order valence-corrected chi connectivity index (χ2v) is 5.70. The van der Waals surface area contributed by atoms with Gasteiger partial charge in [0.25, 0.3) is 0 Å². The van der Waals surface area contributed by atoms with Gasteiger partial charge in [0.15, 0.2) is 0 Å². The van der Waals surface area contributed by atoms with E-state index in [2.05, 4.69) is 23.4 Å². The number of aliphatic hydroxyl groups is 1. The number of aromatic nitrogens is 2. The lowest BCUT2D eigenvalue weighted by Gasteiger charge is -2.29. The fourth-order valence-corrected chi connectivity index (χ4v) is 2.96. The Kier molecular flexibility index (Phi) is 4.07. The highest BCUT2D eigenvalue weighted by Crippen LogP contribution is 2.27. The largest absolute Gasteiger partial charge is 0.394 e. The molecule has 3 N–H and O–H groups in total. The normalized spacial score (nSPS) is 18.8. The Hall–Kier alpha value is -0.870. The maximum absolute atomic E-state index is 9.71. The summed E-state index contributed by atoms with van der Waals surface area (Å²) >= 11 is 0. The van der Waals surface area contributed by atoms with Gasteiger partial charge in [0.05, 0.1) is 18.3 Å². The third kappa shape index (κ3) is 2.31. The molecular formula is C14H25N3O. The number of nitrogens with two attached hydrogens (primary N) is 1. The molecule has 1 aromatic heterocycles. The summed E-state index contributed by atoms with van der Waals surface area (Å²) in [5.74, 6) is 1.35. The lowest BCUT2D eigenvalue weighted by Crippen LogP contribution is -2.40. The molecule has 0 aliphatic heterocycles. The minimum atomic E-state index is -0.0423. The zero-order valence-electron chi connectivity index (χ0n) is 11.7. The fraction of sp³-hybridized carbons (Fsp3) is 0.786. The van der Waals surface area contributed by atoms with Gasteiger partial charge in [-0.1, -0.05) is 13.8 Å². The predicted octanol–water partition coefficient (Wildman–Crippen LogP) is 1.59. The maximum atomic E-state index is 9.71. The van der Waals surface area contributed by atoms with Gasteiger partial charge in [0, 0.05) is 11.7 Å². The van der Waals surface area contributed by atoms with E-state index >= 15 is 0 Å². The highest BCUT2D eigenvalue weighted by atomic mass is 16.3. The molecule has 1 aliphatic carbocycles. The van der Waals surface area contributed by atoms with Crippen LogP contribution in [0, 0.1) is 12.8 Å². The molecule has 0 aromatic carbocycles. The first-order valence-corrected chi connectivity index (χ1v) is 6.99. The number of rotatable bonds is 4. The van der Waals surface area contributed by atoms with Crippen molar-refractivity contribution >= 4 is 0 Å². The van der Waals surface area contributed by atoms with Crippen molar-refractivity contribution in [2.45, 2.75) is 58.5 Å². The van der Waals surface area contributed by atoms with E-state index in [9.17, 15) is 5.11 Å². The molecule has 0 amide bonds.